The van der Waals surface area contributed by atoms with Crippen LogP contribution in [0.3, 0.4) is 0 Å². The Labute approximate surface area is 191 Å². The Bertz CT molecular complexity index is 645. The third kappa shape index (κ3) is 7.77. The topological polar surface area (TPSA) is 66.0 Å². The number of hydrogen-bond acceptors (Lipinski definition) is 3. The van der Waals surface area contributed by atoms with Crippen molar-refractivity contribution in [3.63, 3.8) is 0 Å². The van der Waals surface area contributed by atoms with E-state index in [1.807, 2.05) is 17.0 Å². The fourth-order valence-electron chi connectivity index (χ4n) is 3.88. The molecule has 1 aromatic carbocycles. The molecule has 0 radical (unpaired) electrons. The van der Waals surface area contributed by atoms with Crippen LogP contribution in [-0.4, -0.2) is 44.7 Å². The SMILES string of the molecule is CN=C(NCCCOC1CCCCC1)NCc1ccc(N2CCCC2=O)cc1.I. The minimum absolute atomic E-state index is 0. The summed E-state index contributed by atoms with van der Waals surface area (Å²) in [7, 11) is 1.79. The van der Waals surface area contributed by atoms with E-state index in [-0.39, 0.29) is 29.9 Å². The molecule has 2 N–H and O–H groups in total. The van der Waals surface area contributed by atoms with Gasteiger partial charge in [0.05, 0.1) is 6.10 Å². The lowest BCUT2D eigenvalue weighted by Crippen LogP contribution is -2.37. The number of nitrogens with one attached hydrogen (secondary N) is 2. The van der Waals surface area contributed by atoms with Crippen molar-refractivity contribution < 1.29 is 9.53 Å². The van der Waals surface area contributed by atoms with Gasteiger partial charge in [0.2, 0.25) is 5.91 Å². The summed E-state index contributed by atoms with van der Waals surface area (Å²) in [4.78, 5) is 18.0. The summed E-state index contributed by atoms with van der Waals surface area (Å²) in [5.74, 6) is 1.03. The van der Waals surface area contributed by atoms with Crippen molar-refractivity contribution in [1.82, 2.24) is 10.6 Å². The number of halogens is 1. The molecule has 0 aromatic heterocycles. The third-order valence-corrected chi connectivity index (χ3v) is 5.52. The minimum Gasteiger partial charge on any atom is -0.378 e. The quantitative estimate of drug-likeness (QED) is 0.240. The number of carbonyl (C=O) groups excluding carboxylic acids is 1. The summed E-state index contributed by atoms with van der Waals surface area (Å²) in [5.41, 5.74) is 2.16. The molecule has 1 aliphatic heterocycles. The van der Waals surface area contributed by atoms with Gasteiger partial charge in [0, 0.05) is 45.4 Å². The number of carbonyl (C=O) groups is 1. The monoisotopic (exact) mass is 514 g/mol. The molecule has 1 aliphatic carbocycles. The average Bonchev–Trinajstić information content (AvgIpc) is 3.17. The van der Waals surface area contributed by atoms with Gasteiger partial charge >= 0.3 is 0 Å². The van der Waals surface area contributed by atoms with Crippen LogP contribution < -0.4 is 15.5 Å². The maximum Gasteiger partial charge on any atom is 0.227 e. The van der Waals surface area contributed by atoms with E-state index < -0.39 is 0 Å². The second-order valence-corrected chi connectivity index (χ2v) is 7.65. The van der Waals surface area contributed by atoms with Gasteiger partial charge in [-0.1, -0.05) is 31.4 Å². The van der Waals surface area contributed by atoms with E-state index in [9.17, 15) is 4.79 Å². The Morgan fingerprint density at radius 2 is 1.90 bits per heavy atom. The number of ether oxygens (including phenoxy) is 1. The number of anilines is 1. The zero-order chi connectivity index (χ0) is 19.6. The summed E-state index contributed by atoms with van der Waals surface area (Å²) in [6, 6.07) is 8.19. The lowest BCUT2D eigenvalue weighted by molar-refractivity contribution is -0.117. The average molecular weight is 514 g/mol. The van der Waals surface area contributed by atoms with Crippen LogP contribution in [0.4, 0.5) is 5.69 Å². The van der Waals surface area contributed by atoms with Crippen LogP contribution in [0, 0.1) is 0 Å². The highest BCUT2D eigenvalue weighted by molar-refractivity contribution is 14.0. The van der Waals surface area contributed by atoms with Crippen molar-refractivity contribution in [3.8, 4) is 0 Å². The van der Waals surface area contributed by atoms with Crippen LogP contribution in [0.5, 0.6) is 0 Å². The normalized spacial score (nSPS) is 17.9. The van der Waals surface area contributed by atoms with E-state index in [2.05, 4.69) is 27.8 Å². The lowest BCUT2D eigenvalue weighted by Gasteiger charge is -2.22. The van der Waals surface area contributed by atoms with Crippen LogP contribution in [-0.2, 0) is 16.1 Å². The molecule has 162 valence electrons. The Hall–Kier alpha value is -1.35. The Morgan fingerprint density at radius 3 is 2.55 bits per heavy atom. The maximum absolute atomic E-state index is 11.8. The van der Waals surface area contributed by atoms with Gasteiger partial charge in [-0.3, -0.25) is 9.79 Å². The summed E-state index contributed by atoms with van der Waals surface area (Å²) in [6.45, 7) is 3.19. The molecule has 0 spiro atoms. The molecule has 6 nitrogen and oxygen atoms in total. The van der Waals surface area contributed by atoms with Crippen molar-refractivity contribution in [1.29, 1.82) is 0 Å². The van der Waals surface area contributed by atoms with Crippen molar-refractivity contribution in [3.05, 3.63) is 29.8 Å². The molecule has 0 atom stereocenters. The van der Waals surface area contributed by atoms with Crippen molar-refractivity contribution in [2.24, 2.45) is 4.99 Å². The zero-order valence-corrected chi connectivity index (χ0v) is 19.8. The Balaban J connectivity index is 0.00000300. The molecule has 1 heterocycles. The predicted octanol–water partition coefficient (Wildman–Crippen LogP) is 3.84. The third-order valence-electron chi connectivity index (χ3n) is 5.52. The highest BCUT2D eigenvalue weighted by Gasteiger charge is 2.21. The van der Waals surface area contributed by atoms with Gasteiger partial charge in [0.25, 0.3) is 0 Å². The molecule has 0 bridgehead atoms. The van der Waals surface area contributed by atoms with Gasteiger partial charge in [0.1, 0.15) is 0 Å². The smallest absolute Gasteiger partial charge is 0.227 e. The molecule has 0 unspecified atom stereocenters. The molecule has 2 aliphatic rings. The highest BCUT2D eigenvalue weighted by atomic mass is 127. The van der Waals surface area contributed by atoms with Gasteiger partial charge < -0.3 is 20.3 Å². The van der Waals surface area contributed by atoms with E-state index in [1.165, 1.54) is 37.7 Å². The fourth-order valence-corrected chi connectivity index (χ4v) is 3.88. The van der Waals surface area contributed by atoms with Crippen LogP contribution >= 0.6 is 24.0 Å². The van der Waals surface area contributed by atoms with Crippen LogP contribution in [0.1, 0.15) is 56.9 Å². The molecular formula is C22H35IN4O2. The van der Waals surface area contributed by atoms with Crippen LogP contribution in [0.15, 0.2) is 29.3 Å². The molecular weight excluding hydrogens is 479 g/mol. The van der Waals surface area contributed by atoms with Crippen molar-refractivity contribution in [2.45, 2.75) is 64.0 Å². The summed E-state index contributed by atoms with van der Waals surface area (Å²) in [6.07, 6.45) is 9.52. The zero-order valence-electron chi connectivity index (χ0n) is 17.5. The first-order valence-corrected chi connectivity index (χ1v) is 10.7. The lowest BCUT2D eigenvalue weighted by atomic mass is 9.98. The largest absolute Gasteiger partial charge is 0.378 e. The number of benzene rings is 1. The number of guanidine groups is 1. The fraction of sp³-hybridized carbons (Fsp3) is 0.636. The van der Waals surface area contributed by atoms with E-state index in [1.54, 1.807) is 7.05 Å². The van der Waals surface area contributed by atoms with E-state index >= 15 is 0 Å². The molecule has 29 heavy (non-hydrogen) atoms. The molecule has 1 aromatic rings. The maximum atomic E-state index is 11.8. The predicted molar refractivity (Wildman–Crippen MR) is 129 cm³/mol. The second kappa shape index (κ2) is 13.1. The first-order valence-electron chi connectivity index (χ1n) is 10.7. The van der Waals surface area contributed by atoms with Gasteiger partial charge in [0.15, 0.2) is 5.96 Å². The number of hydrogen-bond donors (Lipinski definition) is 2. The molecule has 1 amide bonds. The van der Waals surface area contributed by atoms with Crippen molar-refractivity contribution in [2.75, 3.05) is 31.6 Å². The van der Waals surface area contributed by atoms with E-state index in [4.69, 9.17) is 4.74 Å². The summed E-state index contributed by atoms with van der Waals surface area (Å²) in [5, 5.41) is 6.69. The summed E-state index contributed by atoms with van der Waals surface area (Å²) >= 11 is 0. The first kappa shape index (κ1) is 23.9. The number of aliphatic imine (C=N–C) groups is 1. The second-order valence-electron chi connectivity index (χ2n) is 7.65. The Morgan fingerprint density at radius 1 is 1.14 bits per heavy atom. The van der Waals surface area contributed by atoms with Crippen LogP contribution in [0.25, 0.3) is 0 Å². The van der Waals surface area contributed by atoms with Crippen molar-refractivity contribution >= 4 is 41.5 Å². The number of nitrogens with zero attached hydrogens (tertiary/aromatic N) is 2. The van der Waals surface area contributed by atoms with E-state index in [0.29, 0.717) is 19.1 Å². The van der Waals surface area contributed by atoms with Gasteiger partial charge in [-0.2, -0.15) is 0 Å². The molecule has 7 heteroatoms. The number of rotatable bonds is 8. The molecule has 2 fully saturated rings. The first-order chi connectivity index (χ1) is 13.8. The molecule has 3 rings (SSSR count). The minimum atomic E-state index is 0. The van der Waals surface area contributed by atoms with E-state index in [0.717, 1.165) is 44.2 Å². The highest BCUT2D eigenvalue weighted by Crippen LogP contribution is 2.22. The van der Waals surface area contributed by atoms with Gasteiger partial charge in [-0.05, 0) is 43.4 Å². The van der Waals surface area contributed by atoms with Gasteiger partial charge in [-0.15, -0.1) is 24.0 Å². The molecule has 1 saturated heterocycles. The van der Waals surface area contributed by atoms with Gasteiger partial charge in [-0.25, -0.2) is 0 Å². The molecule has 1 saturated carbocycles. The summed E-state index contributed by atoms with van der Waals surface area (Å²) < 4.78 is 5.96. The number of amides is 1. The standard InChI is InChI=1S/C22H34N4O2.HI/c1-23-22(24-14-6-16-28-20-7-3-2-4-8-20)25-17-18-10-12-19(13-11-18)26-15-5-9-21(26)27;/h10-13,20H,2-9,14-17H2,1H3,(H2,23,24,25);1H. The van der Waals surface area contributed by atoms with Crippen LogP contribution in [0.2, 0.25) is 0 Å². The Kier molecular flexibility index (Phi) is 10.8.